The highest BCUT2D eigenvalue weighted by atomic mass is 35.5. The first-order chi connectivity index (χ1) is 10.1. The number of hydrogen-bond donors (Lipinski definition) is 1. The quantitative estimate of drug-likeness (QED) is 0.807. The predicted octanol–water partition coefficient (Wildman–Crippen LogP) is 3.19. The van der Waals surface area contributed by atoms with Crippen molar-refractivity contribution in [1.29, 1.82) is 0 Å². The highest BCUT2D eigenvalue weighted by Crippen LogP contribution is 2.26. The van der Waals surface area contributed by atoms with Crippen LogP contribution in [0, 0.1) is 5.82 Å². The fourth-order valence-electron chi connectivity index (χ4n) is 2.11. The summed E-state index contributed by atoms with van der Waals surface area (Å²) in [5.41, 5.74) is 7.48. The number of nitrogens with zero attached hydrogens (tertiary/aromatic N) is 3. The highest BCUT2D eigenvalue weighted by molar-refractivity contribution is 6.31. The van der Waals surface area contributed by atoms with Gasteiger partial charge in [0.2, 0.25) is 5.95 Å². The first-order valence-corrected chi connectivity index (χ1v) is 6.70. The number of imidazole rings is 1. The zero-order valence-electron chi connectivity index (χ0n) is 11.2. The van der Waals surface area contributed by atoms with Gasteiger partial charge in [-0.25, -0.2) is 14.4 Å². The standard InChI is InChI=1S/C14H12ClFN4O/c1-2-21-12-4-3-9(6-10(12)16)20-13-11(19-14(20)17)5-8(15)7-18-13/h3-7H,2H2,1H3,(H2,17,19). The van der Waals surface area contributed by atoms with Gasteiger partial charge in [-0.3, -0.25) is 4.57 Å². The molecule has 0 aliphatic carbocycles. The van der Waals surface area contributed by atoms with E-state index < -0.39 is 5.82 Å². The van der Waals surface area contributed by atoms with Gasteiger partial charge in [0, 0.05) is 12.3 Å². The third-order valence-electron chi connectivity index (χ3n) is 2.96. The molecule has 3 aromatic rings. The van der Waals surface area contributed by atoms with E-state index in [1.54, 1.807) is 29.7 Å². The van der Waals surface area contributed by atoms with Gasteiger partial charge in [-0.1, -0.05) is 11.6 Å². The Bertz CT molecular complexity index is 818. The summed E-state index contributed by atoms with van der Waals surface area (Å²) in [5.74, 6) is -0.0619. The number of pyridine rings is 1. The molecule has 0 unspecified atom stereocenters. The van der Waals surface area contributed by atoms with E-state index in [-0.39, 0.29) is 11.7 Å². The van der Waals surface area contributed by atoms with Crippen LogP contribution in [0.5, 0.6) is 5.75 Å². The molecule has 0 bridgehead atoms. The number of nitrogen functional groups attached to an aromatic ring is 1. The van der Waals surface area contributed by atoms with Crippen molar-refractivity contribution in [3.8, 4) is 11.4 Å². The molecule has 0 aliphatic heterocycles. The Labute approximate surface area is 125 Å². The Kier molecular flexibility index (Phi) is 3.39. The van der Waals surface area contributed by atoms with Crippen molar-refractivity contribution in [2.75, 3.05) is 12.3 Å². The van der Waals surface area contributed by atoms with Crippen molar-refractivity contribution in [3.05, 3.63) is 41.3 Å². The number of hydrogen-bond acceptors (Lipinski definition) is 4. The second-order valence-electron chi connectivity index (χ2n) is 4.35. The van der Waals surface area contributed by atoms with E-state index in [4.69, 9.17) is 22.1 Å². The second-order valence-corrected chi connectivity index (χ2v) is 4.79. The van der Waals surface area contributed by atoms with Crippen molar-refractivity contribution in [3.63, 3.8) is 0 Å². The lowest BCUT2D eigenvalue weighted by Crippen LogP contribution is -2.03. The summed E-state index contributed by atoms with van der Waals surface area (Å²) in [6, 6.07) is 6.23. The second kappa shape index (κ2) is 5.21. The summed E-state index contributed by atoms with van der Waals surface area (Å²) < 4.78 is 20.7. The zero-order valence-corrected chi connectivity index (χ0v) is 11.9. The minimum Gasteiger partial charge on any atom is -0.491 e. The number of aromatic nitrogens is 3. The molecule has 7 heteroatoms. The third kappa shape index (κ3) is 2.38. The average molecular weight is 307 g/mol. The molecule has 21 heavy (non-hydrogen) atoms. The van der Waals surface area contributed by atoms with E-state index in [0.29, 0.717) is 28.5 Å². The number of ether oxygens (including phenoxy) is 1. The number of benzene rings is 1. The monoisotopic (exact) mass is 306 g/mol. The lowest BCUT2D eigenvalue weighted by molar-refractivity contribution is 0.321. The van der Waals surface area contributed by atoms with Crippen LogP contribution in [0.15, 0.2) is 30.5 Å². The number of nitrogens with two attached hydrogens (primary N) is 1. The maximum Gasteiger partial charge on any atom is 0.207 e. The van der Waals surface area contributed by atoms with Crippen LogP contribution >= 0.6 is 11.6 Å². The van der Waals surface area contributed by atoms with Gasteiger partial charge < -0.3 is 10.5 Å². The molecule has 2 heterocycles. The molecule has 0 radical (unpaired) electrons. The molecule has 108 valence electrons. The average Bonchev–Trinajstić information content (AvgIpc) is 2.76. The van der Waals surface area contributed by atoms with Gasteiger partial charge >= 0.3 is 0 Å². The molecular weight excluding hydrogens is 295 g/mol. The molecule has 2 aromatic heterocycles. The molecule has 3 rings (SSSR count). The van der Waals surface area contributed by atoms with Gasteiger partial charge in [-0.05, 0) is 25.1 Å². The van der Waals surface area contributed by atoms with Crippen molar-refractivity contribution in [2.45, 2.75) is 6.92 Å². The van der Waals surface area contributed by atoms with Gasteiger partial charge in [0.1, 0.15) is 5.52 Å². The first-order valence-electron chi connectivity index (χ1n) is 6.32. The summed E-state index contributed by atoms with van der Waals surface area (Å²) in [5, 5.41) is 0.463. The van der Waals surface area contributed by atoms with Crippen LogP contribution in [-0.4, -0.2) is 21.1 Å². The lowest BCUT2D eigenvalue weighted by Gasteiger charge is -2.09. The summed E-state index contributed by atoms with van der Waals surface area (Å²) >= 11 is 5.88. The summed E-state index contributed by atoms with van der Waals surface area (Å²) in [4.78, 5) is 8.38. The Hall–Kier alpha value is -2.34. The van der Waals surface area contributed by atoms with Crippen LogP contribution in [0.1, 0.15) is 6.92 Å². The smallest absolute Gasteiger partial charge is 0.207 e. The molecule has 0 amide bonds. The molecule has 2 N–H and O–H groups in total. The maximum absolute atomic E-state index is 14.0. The molecule has 0 aliphatic rings. The van der Waals surface area contributed by atoms with E-state index in [9.17, 15) is 4.39 Å². The van der Waals surface area contributed by atoms with Crippen LogP contribution in [0.25, 0.3) is 16.9 Å². The maximum atomic E-state index is 14.0. The number of rotatable bonds is 3. The van der Waals surface area contributed by atoms with Gasteiger partial charge in [-0.2, -0.15) is 0 Å². The van der Waals surface area contributed by atoms with E-state index in [2.05, 4.69) is 9.97 Å². The Morgan fingerprint density at radius 2 is 2.19 bits per heavy atom. The minimum atomic E-state index is -0.468. The third-order valence-corrected chi connectivity index (χ3v) is 3.17. The predicted molar refractivity (Wildman–Crippen MR) is 79.4 cm³/mol. The van der Waals surface area contributed by atoms with Gasteiger partial charge in [0.25, 0.3) is 0 Å². The van der Waals surface area contributed by atoms with Crippen LogP contribution < -0.4 is 10.5 Å². The normalized spacial score (nSPS) is 11.0. The largest absolute Gasteiger partial charge is 0.491 e. The molecule has 0 fully saturated rings. The van der Waals surface area contributed by atoms with E-state index in [1.807, 2.05) is 0 Å². The molecular formula is C14H12ClFN4O. The summed E-state index contributed by atoms with van der Waals surface area (Å²) in [6.07, 6.45) is 1.49. The number of fused-ring (bicyclic) bond motifs is 1. The fraction of sp³-hybridized carbons (Fsp3) is 0.143. The fourth-order valence-corrected chi connectivity index (χ4v) is 2.27. The van der Waals surface area contributed by atoms with Crippen molar-refractivity contribution < 1.29 is 9.13 Å². The van der Waals surface area contributed by atoms with Crippen molar-refractivity contribution in [1.82, 2.24) is 14.5 Å². The Morgan fingerprint density at radius 1 is 1.38 bits per heavy atom. The van der Waals surface area contributed by atoms with Crippen LogP contribution in [0.2, 0.25) is 5.02 Å². The Morgan fingerprint density at radius 3 is 2.90 bits per heavy atom. The number of anilines is 1. The van der Waals surface area contributed by atoms with Crippen molar-refractivity contribution >= 4 is 28.7 Å². The van der Waals surface area contributed by atoms with Crippen LogP contribution in [-0.2, 0) is 0 Å². The summed E-state index contributed by atoms with van der Waals surface area (Å²) in [6.45, 7) is 2.19. The Balaban J connectivity index is 2.16. The first kappa shape index (κ1) is 13.6. The van der Waals surface area contributed by atoms with Crippen molar-refractivity contribution in [2.24, 2.45) is 0 Å². The van der Waals surface area contributed by atoms with Gasteiger partial charge in [-0.15, -0.1) is 0 Å². The van der Waals surface area contributed by atoms with Gasteiger partial charge in [0.05, 0.1) is 17.3 Å². The molecule has 0 saturated heterocycles. The SMILES string of the molecule is CCOc1ccc(-n2c(N)nc3cc(Cl)cnc32)cc1F. The van der Waals surface area contributed by atoms with E-state index >= 15 is 0 Å². The van der Waals surface area contributed by atoms with E-state index in [1.165, 1.54) is 12.3 Å². The van der Waals surface area contributed by atoms with Crippen LogP contribution in [0.3, 0.4) is 0 Å². The highest BCUT2D eigenvalue weighted by Gasteiger charge is 2.13. The summed E-state index contributed by atoms with van der Waals surface area (Å²) in [7, 11) is 0. The van der Waals surface area contributed by atoms with Gasteiger partial charge in [0.15, 0.2) is 17.2 Å². The minimum absolute atomic E-state index is 0.195. The van der Waals surface area contributed by atoms with Crippen LogP contribution in [0.4, 0.5) is 10.3 Å². The molecule has 0 atom stereocenters. The zero-order chi connectivity index (χ0) is 15.0. The molecule has 5 nitrogen and oxygen atoms in total. The van der Waals surface area contributed by atoms with E-state index in [0.717, 1.165) is 0 Å². The number of halogens is 2. The lowest BCUT2D eigenvalue weighted by atomic mass is 10.3. The topological polar surface area (TPSA) is 66.0 Å². The molecule has 0 saturated carbocycles. The molecule has 1 aromatic carbocycles. The molecule has 0 spiro atoms.